The van der Waals surface area contributed by atoms with Gasteiger partial charge in [0.1, 0.15) is 5.56 Å². The molecule has 1 aromatic heterocycles. The Balaban J connectivity index is 2.13. The first kappa shape index (κ1) is 13.2. The van der Waals surface area contributed by atoms with Crippen LogP contribution in [0.1, 0.15) is 30.1 Å². The van der Waals surface area contributed by atoms with Crippen molar-refractivity contribution in [1.29, 1.82) is 0 Å². The highest BCUT2D eigenvalue weighted by atomic mass is 16.6. The van der Waals surface area contributed by atoms with Crippen molar-refractivity contribution >= 4 is 17.7 Å². The lowest BCUT2D eigenvalue weighted by Gasteiger charge is -2.18. The monoisotopic (exact) mass is 263 g/mol. The third-order valence-electron chi connectivity index (χ3n) is 3.20. The number of rotatable bonds is 4. The van der Waals surface area contributed by atoms with Gasteiger partial charge in [0.15, 0.2) is 18.0 Å². The summed E-state index contributed by atoms with van der Waals surface area (Å²) in [6.45, 7) is 1.64. The maximum atomic E-state index is 12.1. The summed E-state index contributed by atoms with van der Waals surface area (Å²) in [5.74, 6) is -1.11. The van der Waals surface area contributed by atoms with Crippen LogP contribution in [0, 0.1) is 0 Å². The maximum Gasteiger partial charge on any atom is 0.306 e. The van der Waals surface area contributed by atoms with E-state index in [9.17, 15) is 14.4 Å². The molecule has 1 fully saturated rings. The maximum absolute atomic E-state index is 12.1. The highest BCUT2D eigenvalue weighted by Crippen LogP contribution is 2.27. The van der Waals surface area contributed by atoms with Crippen LogP contribution in [0.3, 0.4) is 0 Å². The van der Waals surface area contributed by atoms with Crippen molar-refractivity contribution in [2.24, 2.45) is 5.73 Å². The molecule has 1 atom stereocenters. The first-order chi connectivity index (χ1) is 8.90. The van der Waals surface area contributed by atoms with Crippen LogP contribution in [0.15, 0.2) is 24.5 Å². The second-order valence-electron chi connectivity index (χ2n) is 4.76. The van der Waals surface area contributed by atoms with E-state index in [0.717, 1.165) is 0 Å². The summed E-state index contributed by atoms with van der Waals surface area (Å²) in [5, 5.41) is 0. The second kappa shape index (κ2) is 4.79. The minimum atomic E-state index is -1.06. The lowest BCUT2D eigenvalue weighted by atomic mass is 9.97. The molecular formula is C13H15N2O4+. The Labute approximate surface area is 110 Å². The number of ether oxygens (including phenoxy) is 1. The molecular weight excluding hydrogens is 248 g/mol. The van der Waals surface area contributed by atoms with Gasteiger partial charge in [0.05, 0.1) is 0 Å². The van der Waals surface area contributed by atoms with E-state index in [1.807, 2.05) is 0 Å². The Morgan fingerprint density at radius 1 is 1.53 bits per heavy atom. The number of nitrogens with zero attached hydrogens (tertiary/aromatic N) is 1. The topological polar surface area (TPSA) is 90.3 Å². The van der Waals surface area contributed by atoms with Crippen molar-refractivity contribution in [2.75, 3.05) is 0 Å². The molecule has 0 bridgehead atoms. The molecule has 0 aromatic carbocycles. The molecule has 6 nitrogen and oxygen atoms in total. The minimum Gasteiger partial charge on any atom is -0.451 e. The number of nitrogens with two attached hydrogens (primary N) is 1. The number of hydrogen-bond acceptors (Lipinski definition) is 4. The fraction of sp³-hybridized carbons (Fsp3) is 0.385. The van der Waals surface area contributed by atoms with Crippen molar-refractivity contribution < 1.29 is 23.7 Å². The number of amides is 1. The Morgan fingerprint density at radius 2 is 2.26 bits per heavy atom. The van der Waals surface area contributed by atoms with Gasteiger partial charge in [-0.25, -0.2) is 0 Å². The van der Waals surface area contributed by atoms with Gasteiger partial charge in [-0.2, -0.15) is 4.57 Å². The Morgan fingerprint density at radius 3 is 2.84 bits per heavy atom. The summed E-state index contributed by atoms with van der Waals surface area (Å²) in [4.78, 5) is 34.3. The quantitative estimate of drug-likeness (QED) is 0.598. The molecule has 2 N–H and O–H groups in total. The van der Waals surface area contributed by atoms with E-state index in [4.69, 9.17) is 10.5 Å². The van der Waals surface area contributed by atoms with Crippen molar-refractivity contribution in [3.63, 3.8) is 0 Å². The van der Waals surface area contributed by atoms with Crippen molar-refractivity contribution in [3.05, 3.63) is 30.1 Å². The summed E-state index contributed by atoms with van der Waals surface area (Å²) >= 11 is 0. The number of hydrogen-bond donors (Lipinski definition) is 1. The zero-order valence-corrected chi connectivity index (χ0v) is 10.6. The molecule has 1 aromatic rings. The Bertz CT molecular complexity index is 555. The largest absolute Gasteiger partial charge is 0.451 e. The van der Waals surface area contributed by atoms with Crippen LogP contribution in [-0.4, -0.2) is 23.3 Å². The predicted octanol–water partition coefficient (Wildman–Crippen LogP) is -0.262. The molecule has 0 saturated carbocycles. The van der Waals surface area contributed by atoms with Crippen LogP contribution < -0.4 is 10.3 Å². The number of esters is 1. The van der Waals surface area contributed by atoms with Crippen molar-refractivity contribution in [2.45, 2.75) is 31.9 Å². The van der Waals surface area contributed by atoms with Crippen LogP contribution in [0.2, 0.25) is 0 Å². The molecule has 0 aliphatic carbocycles. The number of primary amides is 1. The van der Waals surface area contributed by atoms with Crippen LogP contribution in [0.4, 0.5) is 0 Å². The van der Waals surface area contributed by atoms with Gasteiger partial charge in [0.25, 0.3) is 5.91 Å². The van der Waals surface area contributed by atoms with E-state index >= 15 is 0 Å². The first-order valence-corrected chi connectivity index (χ1v) is 5.95. The molecule has 19 heavy (non-hydrogen) atoms. The van der Waals surface area contributed by atoms with Gasteiger partial charge in [-0.05, 0) is 13.0 Å². The van der Waals surface area contributed by atoms with Crippen molar-refractivity contribution in [3.8, 4) is 0 Å². The average molecular weight is 263 g/mol. The Kier molecular flexibility index (Phi) is 3.33. The number of Topliss-reactive ketones (excluding diaryl/α,β-unsaturated/α-hetero) is 1. The average Bonchev–Trinajstić information content (AvgIpc) is 2.71. The van der Waals surface area contributed by atoms with E-state index in [1.54, 1.807) is 29.8 Å². The van der Waals surface area contributed by atoms with Gasteiger partial charge < -0.3 is 10.5 Å². The zero-order valence-electron chi connectivity index (χ0n) is 10.6. The third kappa shape index (κ3) is 2.78. The minimum absolute atomic E-state index is 0.0326. The molecule has 100 valence electrons. The summed E-state index contributed by atoms with van der Waals surface area (Å²) in [6.07, 6.45) is 3.81. The summed E-state index contributed by atoms with van der Waals surface area (Å²) < 4.78 is 6.62. The number of carbonyl (C=O) groups excluding carboxylic acids is 3. The number of ketones is 1. The Hall–Kier alpha value is -2.24. The van der Waals surface area contributed by atoms with Crippen molar-refractivity contribution in [1.82, 2.24) is 0 Å². The molecule has 2 heterocycles. The van der Waals surface area contributed by atoms with Crippen LogP contribution in [-0.2, 0) is 20.9 Å². The fourth-order valence-corrected chi connectivity index (χ4v) is 1.99. The van der Waals surface area contributed by atoms with E-state index in [-0.39, 0.29) is 24.7 Å². The zero-order chi connectivity index (χ0) is 14.0. The first-order valence-electron chi connectivity index (χ1n) is 5.95. The van der Waals surface area contributed by atoms with E-state index < -0.39 is 11.5 Å². The van der Waals surface area contributed by atoms with Gasteiger partial charge in [-0.1, -0.05) is 0 Å². The van der Waals surface area contributed by atoms with Gasteiger partial charge in [0.2, 0.25) is 12.3 Å². The fourth-order valence-electron chi connectivity index (χ4n) is 1.99. The molecule has 1 aliphatic rings. The highest BCUT2D eigenvalue weighted by molar-refractivity contribution is 5.92. The summed E-state index contributed by atoms with van der Waals surface area (Å²) in [6, 6.07) is 3.21. The normalized spacial score (nSPS) is 22.1. The molecule has 1 saturated heterocycles. The van der Waals surface area contributed by atoms with Crippen LogP contribution in [0.5, 0.6) is 0 Å². The number of cyclic esters (lactones) is 1. The second-order valence-corrected chi connectivity index (χ2v) is 4.76. The van der Waals surface area contributed by atoms with E-state index in [2.05, 4.69) is 0 Å². The molecule has 0 spiro atoms. The number of aromatic nitrogens is 1. The smallest absolute Gasteiger partial charge is 0.306 e. The van der Waals surface area contributed by atoms with Gasteiger partial charge in [-0.3, -0.25) is 14.4 Å². The molecule has 0 unspecified atom stereocenters. The SMILES string of the molecule is C[C@]1(C(=O)C[n+]2cccc(C(N)=O)c2)CCC(=O)O1. The third-order valence-corrected chi connectivity index (χ3v) is 3.20. The standard InChI is InChI=1S/C13H14N2O4/c1-13(5-4-11(17)19-13)10(16)8-15-6-2-3-9(7-15)12(14)18/h2-3,6-7H,4-5,8H2,1H3,(H-,14,18)/p+1/t13-/m1/s1. The van der Waals surface area contributed by atoms with Crippen LogP contribution >= 0.6 is 0 Å². The molecule has 2 rings (SSSR count). The number of pyridine rings is 1. The molecule has 1 aliphatic heterocycles. The van der Waals surface area contributed by atoms with Gasteiger partial charge >= 0.3 is 5.97 Å². The van der Waals surface area contributed by atoms with Gasteiger partial charge in [-0.15, -0.1) is 0 Å². The number of carbonyl (C=O) groups is 3. The summed E-state index contributed by atoms with van der Waals surface area (Å²) in [7, 11) is 0. The molecule has 0 radical (unpaired) electrons. The van der Waals surface area contributed by atoms with E-state index in [1.165, 1.54) is 6.20 Å². The van der Waals surface area contributed by atoms with Gasteiger partial charge in [0, 0.05) is 18.9 Å². The molecule has 6 heteroatoms. The summed E-state index contributed by atoms with van der Waals surface area (Å²) in [5.41, 5.74) is 4.43. The lowest BCUT2D eigenvalue weighted by Crippen LogP contribution is -2.47. The van der Waals surface area contributed by atoms with E-state index in [0.29, 0.717) is 12.0 Å². The lowest BCUT2D eigenvalue weighted by molar-refractivity contribution is -0.684. The molecule has 1 amide bonds. The highest BCUT2D eigenvalue weighted by Gasteiger charge is 2.43. The predicted molar refractivity (Wildman–Crippen MR) is 63.9 cm³/mol. The van der Waals surface area contributed by atoms with Crippen LogP contribution in [0.25, 0.3) is 0 Å².